The molecule has 166 valence electrons. The van der Waals surface area contributed by atoms with E-state index in [0.717, 1.165) is 42.0 Å². The molecule has 2 aliphatic heterocycles. The third-order valence-electron chi connectivity index (χ3n) is 7.16. The zero-order chi connectivity index (χ0) is 22.0. The van der Waals surface area contributed by atoms with E-state index >= 15 is 0 Å². The number of amides is 1. The second kappa shape index (κ2) is 9.35. The second-order valence-electron chi connectivity index (χ2n) is 9.26. The van der Waals surface area contributed by atoms with E-state index in [-0.39, 0.29) is 17.7 Å². The normalized spacial score (nSPS) is 24.6. The van der Waals surface area contributed by atoms with Crippen molar-refractivity contribution in [1.82, 2.24) is 14.8 Å². The van der Waals surface area contributed by atoms with Gasteiger partial charge in [-0.3, -0.25) is 14.5 Å². The lowest BCUT2D eigenvalue weighted by Gasteiger charge is -2.39. The van der Waals surface area contributed by atoms with Gasteiger partial charge in [0.05, 0.1) is 12.6 Å². The largest absolute Gasteiger partial charge is 0.383 e. The summed E-state index contributed by atoms with van der Waals surface area (Å²) in [5.41, 5.74) is 7.04. The fourth-order valence-electron chi connectivity index (χ4n) is 5.27. The molecule has 0 unspecified atom stereocenters. The molecule has 2 aliphatic rings. The highest BCUT2D eigenvalue weighted by Crippen LogP contribution is 2.25. The molecule has 0 radical (unpaired) electrons. The predicted octanol–water partition coefficient (Wildman–Crippen LogP) is 3.57. The van der Waals surface area contributed by atoms with Crippen molar-refractivity contribution in [3.05, 3.63) is 36.0 Å². The number of fused-ring (bicyclic) bond motifs is 1. The van der Waals surface area contributed by atoms with Gasteiger partial charge < -0.3 is 10.6 Å². The monoisotopic (exact) mass is 422 g/mol. The van der Waals surface area contributed by atoms with Gasteiger partial charge in [-0.2, -0.15) is 0 Å². The molecule has 0 bridgehead atoms. The van der Waals surface area contributed by atoms with Crippen molar-refractivity contribution in [3.8, 4) is 0 Å². The Kier molecular flexibility index (Phi) is 6.56. The van der Waals surface area contributed by atoms with Crippen molar-refractivity contribution in [2.45, 2.75) is 76.9 Å². The lowest BCUT2D eigenvalue weighted by molar-refractivity contribution is -0.139. The van der Waals surface area contributed by atoms with Crippen LogP contribution in [0, 0.1) is 0 Å². The first kappa shape index (κ1) is 21.8. The highest BCUT2D eigenvalue weighted by atomic mass is 16.2. The summed E-state index contributed by atoms with van der Waals surface area (Å²) in [6.45, 7) is 5.56. The molecule has 2 aromatic rings. The third-order valence-corrected chi connectivity index (χ3v) is 7.16. The van der Waals surface area contributed by atoms with E-state index in [1.54, 1.807) is 6.20 Å². The molecule has 0 aliphatic carbocycles. The zero-order valence-electron chi connectivity index (χ0n) is 18.7. The van der Waals surface area contributed by atoms with Gasteiger partial charge in [0.2, 0.25) is 5.91 Å². The van der Waals surface area contributed by atoms with Gasteiger partial charge in [-0.15, -0.1) is 0 Å². The number of nitrogens with two attached hydrogens (primary N) is 1. The fourth-order valence-corrected chi connectivity index (χ4v) is 5.27. The van der Waals surface area contributed by atoms with Crippen molar-refractivity contribution in [2.75, 3.05) is 18.8 Å². The molecule has 31 heavy (non-hydrogen) atoms. The van der Waals surface area contributed by atoms with E-state index < -0.39 is 0 Å². The van der Waals surface area contributed by atoms with Crippen molar-refractivity contribution in [1.29, 1.82) is 0 Å². The second-order valence-corrected chi connectivity index (χ2v) is 9.26. The number of benzene rings is 1. The molecule has 2 fully saturated rings. The maximum atomic E-state index is 13.1. The molecule has 0 saturated carbocycles. The van der Waals surface area contributed by atoms with Crippen molar-refractivity contribution < 1.29 is 9.59 Å². The van der Waals surface area contributed by atoms with E-state index in [2.05, 4.69) is 29.8 Å². The number of carbonyl (C=O) groups excluding carboxylic acids is 2. The van der Waals surface area contributed by atoms with Crippen LogP contribution in [0.2, 0.25) is 0 Å². The Morgan fingerprint density at radius 1 is 1.10 bits per heavy atom. The number of rotatable bonds is 6. The molecular formula is C25H34N4O2. The number of ketones is 1. The molecule has 1 aromatic carbocycles. The SMILES string of the molecule is C[C@@H]1CCC[C@H](C)N1CC(=O)N1CCC[C@H]1C(=O)CCc1ccc2c(N)nccc2c1. The van der Waals surface area contributed by atoms with Crippen LogP contribution in [0.5, 0.6) is 0 Å². The first-order valence-electron chi connectivity index (χ1n) is 11.6. The van der Waals surface area contributed by atoms with Crippen LogP contribution in [0.25, 0.3) is 10.8 Å². The molecular weight excluding hydrogens is 388 g/mol. The standard InChI is InChI=1S/C25H34N4O2/c1-17-5-3-6-18(2)29(17)16-24(31)28-14-4-7-22(28)23(30)11-9-19-8-10-21-20(15-19)12-13-27-25(21)26/h8,10,12-13,15,17-18,22H,3-7,9,11,14,16H2,1-2H3,(H2,26,27)/t17-,18+,22-/m0/s1. The third kappa shape index (κ3) is 4.74. The number of carbonyl (C=O) groups is 2. The Morgan fingerprint density at radius 2 is 1.87 bits per heavy atom. The van der Waals surface area contributed by atoms with Crippen LogP contribution in [0.15, 0.2) is 30.5 Å². The summed E-state index contributed by atoms with van der Waals surface area (Å²) in [7, 11) is 0. The van der Waals surface area contributed by atoms with Crippen LogP contribution in [-0.2, 0) is 16.0 Å². The Morgan fingerprint density at radius 3 is 2.65 bits per heavy atom. The summed E-state index contributed by atoms with van der Waals surface area (Å²) in [5, 5.41) is 1.98. The molecule has 1 amide bonds. The van der Waals surface area contributed by atoms with Crippen molar-refractivity contribution in [3.63, 3.8) is 0 Å². The number of pyridine rings is 1. The quantitative estimate of drug-likeness (QED) is 0.770. The Labute approximate surface area is 184 Å². The number of likely N-dealkylation sites (tertiary alicyclic amines) is 2. The number of hydrogen-bond acceptors (Lipinski definition) is 5. The highest BCUT2D eigenvalue weighted by Gasteiger charge is 2.35. The number of hydrogen-bond donors (Lipinski definition) is 1. The Balaban J connectivity index is 1.37. The summed E-state index contributed by atoms with van der Waals surface area (Å²) >= 11 is 0. The molecule has 2 saturated heterocycles. The Bertz CT molecular complexity index is 950. The number of piperidine rings is 1. The lowest BCUT2D eigenvalue weighted by atomic mass is 9.97. The van der Waals surface area contributed by atoms with Gasteiger partial charge in [0.15, 0.2) is 5.78 Å². The zero-order valence-corrected chi connectivity index (χ0v) is 18.7. The summed E-state index contributed by atoms with van der Waals surface area (Å²) in [6, 6.07) is 8.62. The number of nitrogens with zero attached hydrogens (tertiary/aromatic N) is 3. The van der Waals surface area contributed by atoms with E-state index in [1.165, 1.54) is 6.42 Å². The molecule has 3 heterocycles. The van der Waals surface area contributed by atoms with Crippen LogP contribution in [0.1, 0.15) is 57.9 Å². The molecule has 0 spiro atoms. The van der Waals surface area contributed by atoms with E-state index in [9.17, 15) is 9.59 Å². The Hall–Kier alpha value is -2.47. The summed E-state index contributed by atoms with van der Waals surface area (Å²) in [5.74, 6) is 0.822. The van der Waals surface area contributed by atoms with Crippen molar-refractivity contribution in [2.24, 2.45) is 0 Å². The van der Waals surface area contributed by atoms with Crippen LogP contribution >= 0.6 is 0 Å². The van der Waals surface area contributed by atoms with Crippen LogP contribution in [0.3, 0.4) is 0 Å². The van der Waals surface area contributed by atoms with Gasteiger partial charge in [0.1, 0.15) is 5.82 Å². The summed E-state index contributed by atoms with van der Waals surface area (Å²) in [4.78, 5) is 34.4. The van der Waals surface area contributed by atoms with Gasteiger partial charge in [0, 0.05) is 36.6 Å². The number of aryl methyl sites for hydroxylation is 1. The average molecular weight is 423 g/mol. The molecule has 2 N–H and O–H groups in total. The van der Waals surface area contributed by atoms with Gasteiger partial charge >= 0.3 is 0 Å². The summed E-state index contributed by atoms with van der Waals surface area (Å²) < 4.78 is 0. The van der Waals surface area contributed by atoms with E-state index in [4.69, 9.17) is 5.73 Å². The lowest BCUT2D eigenvalue weighted by Crippen LogP contribution is -2.51. The number of nitrogen functional groups attached to an aromatic ring is 1. The predicted molar refractivity (Wildman–Crippen MR) is 124 cm³/mol. The topological polar surface area (TPSA) is 79.5 Å². The van der Waals surface area contributed by atoms with Crippen molar-refractivity contribution >= 4 is 28.3 Å². The minimum Gasteiger partial charge on any atom is -0.383 e. The van der Waals surface area contributed by atoms with Gasteiger partial charge in [-0.25, -0.2) is 4.98 Å². The fraction of sp³-hybridized carbons (Fsp3) is 0.560. The molecule has 3 atom stereocenters. The number of anilines is 1. The van der Waals surface area contributed by atoms with Gasteiger partial charge in [-0.1, -0.05) is 24.6 Å². The smallest absolute Gasteiger partial charge is 0.237 e. The minimum absolute atomic E-state index is 0.116. The molecule has 6 nitrogen and oxygen atoms in total. The van der Waals surface area contributed by atoms with Crippen LogP contribution < -0.4 is 5.73 Å². The maximum absolute atomic E-state index is 13.1. The molecule has 1 aromatic heterocycles. The number of Topliss-reactive ketones (excluding diaryl/α,β-unsaturated/α-hetero) is 1. The molecule has 6 heteroatoms. The summed E-state index contributed by atoms with van der Waals surface area (Å²) in [6.07, 6.45) is 8.06. The van der Waals surface area contributed by atoms with Gasteiger partial charge in [0.25, 0.3) is 0 Å². The maximum Gasteiger partial charge on any atom is 0.237 e. The highest BCUT2D eigenvalue weighted by molar-refractivity contribution is 5.92. The van der Waals surface area contributed by atoms with E-state index in [1.807, 2.05) is 23.1 Å². The van der Waals surface area contributed by atoms with E-state index in [0.29, 0.717) is 43.8 Å². The first-order chi connectivity index (χ1) is 14.9. The molecule has 4 rings (SSSR count). The first-order valence-corrected chi connectivity index (χ1v) is 11.6. The van der Waals surface area contributed by atoms with Gasteiger partial charge in [-0.05, 0) is 63.0 Å². The minimum atomic E-state index is -0.261. The van der Waals surface area contributed by atoms with Crippen LogP contribution in [0.4, 0.5) is 5.82 Å². The average Bonchev–Trinajstić information content (AvgIpc) is 3.25. The van der Waals surface area contributed by atoms with Crippen LogP contribution in [-0.4, -0.2) is 57.7 Å². The number of aromatic nitrogens is 1.